The predicted octanol–water partition coefficient (Wildman–Crippen LogP) is 3.83. The molecule has 1 aromatic carbocycles. The van der Waals surface area contributed by atoms with Gasteiger partial charge in [0.25, 0.3) is 0 Å². The van der Waals surface area contributed by atoms with Crippen molar-refractivity contribution in [3.8, 4) is 0 Å². The number of rotatable bonds is 6. The van der Waals surface area contributed by atoms with Gasteiger partial charge in [-0.1, -0.05) is 37.6 Å². The van der Waals surface area contributed by atoms with Gasteiger partial charge in [0, 0.05) is 5.02 Å². The van der Waals surface area contributed by atoms with Crippen LogP contribution in [-0.4, -0.2) is 13.1 Å². The molecule has 0 saturated carbocycles. The van der Waals surface area contributed by atoms with Crippen molar-refractivity contribution in [3.63, 3.8) is 0 Å². The summed E-state index contributed by atoms with van der Waals surface area (Å²) >= 11 is 6.11. The van der Waals surface area contributed by atoms with E-state index in [9.17, 15) is 0 Å². The molecular formula is C14H22ClN. The van der Waals surface area contributed by atoms with Gasteiger partial charge in [0.15, 0.2) is 0 Å². The van der Waals surface area contributed by atoms with Gasteiger partial charge >= 0.3 is 0 Å². The zero-order valence-corrected chi connectivity index (χ0v) is 11.3. The van der Waals surface area contributed by atoms with Crippen LogP contribution in [0.4, 0.5) is 0 Å². The van der Waals surface area contributed by atoms with Crippen molar-refractivity contribution in [3.05, 3.63) is 34.3 Å². The molecule has 1 rings (SSSR count). The Kier molecular flexibility index (Phi) is 5.86. The molecule has 0 radical (unpaired) electrons. The van der Waals surface area contributed by atoms with Gasteiger partial charge in [0.05, 0.1) is 0 Å². The third kappa shape index (κ3) is 4.54. The molecule has 0 aliphatic heterocycles. The highest BCUT2D eigenvalue weighted by atomic mass is 35.5. The zero-order valence-electron chi connectivity index (χ0n) is 10.5. The first kappa shape index (κ1) is 13.5. The predicted molar refractivity (Wildman–Crippen MR) is 72.2 cm³/mol. The highest BCUT2D eigenvalue weighted by Crippen LogP contribution is 2.18. The summed E-state index contributed by atoms with van der Waals surface area (Å²) in [6.45, 7) is 8.70. The average molecular weight is 240 g/mol. The summed E-state index contributed by atoms with van der Waals surface area (Å²) in [5, 5.41) is 4.33. The van der Waals surface area contributed by atoms with Gasteiger partial charge in [0.2, 0.25) is 0 Å². The van der Waals surface area contributed by atoms with Crippen LogP contribution in [0.3, 0.4) is 0 Å². The maximum atomic E-state index is 6.11. The molecule has 0 aromatic heterocycles. The second-order valence-electron chi connectivity index (χ2n) is 4.60. The fourth-order valence-corrected chi connectivity index (χ4v) is 1.97. The lowest BCUT2D eigenvalue weighted by atomic mass is 10.0. The van der Waals surface area contributed by atoms with E-state index in [0.29, 0.717) is 5.92 Å². The van der Waals surface area contributed by atoms with Gasteiger partial charge in [-0.05, 0) is 56.0 Å². The van der Waals surface area contributed by atoms with Gasteiger partial charge in [-0.2, -0.15) is 0 Å². The Morgan fingerprint density at radius 3 is 2.75 bits per heavy atom. The maximum Gasteiger partial charge on any atom is 0.0437 e. The minimum atomic E-state index is 0.658. The minimum Gasteiger partial charge on any atom is -0.316 e. The third-order valence-electron chi connectivity index (χ3n) is 2.74. The van der Waals surface area contributed by atoms with Crippen molar-refractivity contribution in [2.75, 3.05) is 13.1 Å². The largest absolute Gasteiger partial charge is 0.316 e. The molecule has 0 aliphatic carbocycles. The molecule has 1 nitrogen and oxygen atoms in total. The van der Waals surface area contributed by atoms with Crippen molar-refractivity contribution >= 4 is 11.6 Å². The molecule has 1 atom stereocenters. The summed E-state index contributed by atoms with van der Waals surface area (Å²) in [7, 11) is 0. The Morgan fingerprint density at radius 2 is 2.12 bits per heavy atom. The number of nitrogens with one attached hydrogen (secondary N) is 1. The van der Waals surface area contributed by atoms with Gasteiger partial charge in [0.1, 0.15) is 0 Å². The van der Waals surface area contributed by atoms with Crippen LogP contribution in [0.15, 0.2) is 18.2 Å². The molecule has 0 bridgehead atoms. The third-order valence-corrected chi connectivity index (χ3v) is 3.15. The normalized spacial score (nSPS) is 12.8. The Labute approximate surface area is 104 Å². The van der Waals surface area contributed by atoms with E-state index < -0.39 is 0 Å². The molecule has 1 N–H and O–H groups in total. The van der Waals surface area contributed by atoms with Gasteiger partial charge < -0.3 is 5.32 Å². The molecule has 1 unspecified atom stereocenters. The summed E-state index contributed by atoms with van der Waals surface area (Å²) in [6.07, 6.45) is 2.29. The molecule has 2 heteroatoms. The second-order valence-corrected chi connectivity index (χ2v) is 5.00. The fourth-order valence-electron chi connectivity index (χ4n) is 1.76. The van der Waals surface area contributed by atoms with E-state index in [2.05, 4.69) is 37.4 Å². The lowest BCUT2D eigenvalue weighted by molar-refractivity contribution is 0.510. The van der Waals surface area contributed by atoms with Crippen LogP contribution < -0.4 is 5.32 Å². The quantitative estimate of drug-likeness (QED) is 0.745. The first-order valence-corrected chi connectivity index (χ1v) is 6.47. The smallest absolute Gasteiger partial charge is 0.0437 e. The molecule has 90 valence electrons. The van der Waals surface area contributed by atoms with E-state index >= 15 is 0 Å². The molecule has 0 saturated heterocycles. The Balaban J connectivity index is 2.43. The topological polar surface area (TPSA) is 12.0 Å². The van der Waals surface area contributed by atoms with E-state index in [1.54, 1.807) is 0 Å². The second kappa shape index (κ2) is 6.93. The maximum absolute atomic E-state index is 6.11. The first-order chi connectivity index (χ1) is 7.63. The van der Waals surface area contributed by atoms with Crippen LogP contribution in [-0.2, 0) is 6.42 Å². The summed E-state index contributed by atoms with van der Waals surface area (Å²) < 4.78 is 0. The van der Waals surface area contributed by atoms with Crippen LogP contribution in [0, 0.1) is 12.8 Å². The van der Waals surface area contributed by atoms with Crippen LogP contribution in [0.25, 0.3) is 0 Å². The van der Waals surface area contributed by atoms with Gasteiger partial charge in [-0.25, -0.2) is 0 Å². The molecule has 0 amide bonds. The monoisotopic (exact) mass is 239 g/mol. The number of hydrogen-bond donors (Lipinski definition) is 1. The molecule has 16 heavy (non-hydrogen) atoms. The number of hydrogen-bond acceptors (Lipinski definition) is 1. The highest BCUT2D eigenvalue weighted by Gasteiger charge is 2.04. The van der Waals surface area contributed by atoms with Crippen molar-refractivity contribution < 1.29 is 0 Å². The van der Waals surface area contributed by atoms with Crippen LogP contribution in [0.1, 0.15) is 31.4 Å². The number of halogens is 1. The summed E-state index contributed by atoms with van der Waals surface area (Å²) in [5.41, 5.74) is 2.49. The van der Waals surface area contributed by atoms with Crippen molar-refractivity contribution in [1.29, 1.82) is 0 Å². The van der Waals surface area contributed by atoms with Gasteiger partial charge in [-0.15, -0.1) is 0 Å². The standard InChI is InChI=1S/C14H22ClN/c1-4-7-16-10-11(2)8-13-6-5-12(3)14(15)9-13/h5-6,9,11,16H,4,7-8,10H2,1-3H3. The Bertz CT molecular complexity index is 323. The number of aryl methyl sites for hydroxylation is 1. The molecular weight excluding hydrogens is 218 g/mol. The van der Waals surface area contributed by atoms with Crippen molar-refractivity contribution in [2.24, 2.45) is 5.92 Å². The van der Waals surface area contributed by atoms with E-state index in [-0.39, 0.29) is 0 Å². The average Bonchev–Trinajstić information content (AvgIpc) is 2.24. The molecule has 0 heterocycles. The lowest BCUT2D eigenvalue weighted by Crippen LogP contribution is -2.23. The van der Waals surface area contributed by atoms with E-state index in [1.807, 2.05) is 6.92 Å². The van der Waals surface area contributed by atoms with E-state index in [4.69, 9.17) is 11.6 Å². The lowest BCUT2D eigenvalue weighted by Gasteiger charge is -2.13. The van der Waals surface area contributed by atoms with E-state index in [1.165, 1.54) is 12.0 Å². The molecule has 0 fully saturated rings. The SMILES string of the molecule is CCCNCC(C)Cc1ccc(C)c(Cl)c1. The summed E-state index contributed by atoms with van der Waals surface area (Å²) in [4.78, 5) is 0. The molecule has 1 aromatic rings. The van der Waals surface area contributed by atoms with E-state index in [0.717, 1.165) is 30.1 Å². The zero-order chi connectivity index (χ0) is 12.0. The van der Waals surface area contributed by atoms with Crippen LogP contribution in [0.5, 0.6) is 0 Å². The van der Waals surface area contributed by atoms with Crippen LogP contribution >= 0.6 is 11.6 Å². The summed E-state index contributed by atoms with van der Waals surface area (Å²) in [5.74, 6) is 0.658. The molecule has 0 aliphatic rings. The van der Waals surface area contributed by atoms with Crippen molar-refractivity contribution in [1.82, 2.24) is 5.32 Å². The summed E-state index contributed by atoms with van der Waals surface area (Å²) in [6, 6.07) is 6.37. The number of benzene rings is 1. The highest BCUT2D eigenvalue weighted by molar-refractivity contribution is 6.31. The van der Waals surface area contributed by atoms with Gasteiger partial charge in [-0.3, -0.25) is 0 Å². The van der Waals surface area contributed by atoms with Crippen LogP contribution in [0.2, 0.25) is 5.02 Å². The minimum absolute atomic E-state index is 0.658. The molecule has 0 spiro atoms. The first-order valence-electron chi connectivity index (χ1n) is 6.09. The fraction of sp³-hybridized carbons (Fsp3) is 0.571. The Hall–Kier alpha value is -0.530. The van der Waals surface area contributed by atoms with Crippen molar-refractivity contribution in [2.45, 2.75) is 33.6 Å². The Morgan fingerprint density at radius 1 is 1.38 bits per heavy atom.